The SMILES string of the molecule is O=C(c1ccccc1)C(Br)c1ncc(-c2ccccc2)cn1. The van der Waals surface area contributed by atoms with Crippen molar-refractivity contribution in [2.45, 2.75) is 4.83 Å². The molecule has 1 atom stereocenters. The van der Waals surface area contributed by atoms with E-state index in [0.29, 0.717) is 11.4 Å². The highest BCUT2D eigenvalue weighted by Gasteiger charge is 2.21. The molecule has 0 aliphatic heterocycles. The lowest BCUT2D eigenvalue weighted by atomic mass is 10.1. The Kier molecular flexibility index (Phi) is 4.39. The molecule has 0 bridgehead atoms. The third kappa shape index (κ3) is 3.12. The molecule has 0 aliphatic rings. The average molecular weight is 353 g/mol. The van der Waals surface area contributed by atoms with Gasteiger partial charge in [-0.25, -0.2) is 9.97 Å². The van der Waals surface area contributed by atoms with Crippen molar-refractivity contribution in [2.24, 2.45) is 0 Å². The predicted molar refractivity (Wildman–Crippen MR) is 89.9 cm³/mol. The summed E-state index contributed by atoms with van der Waals surface area (Å²) in [6.45, 7) is 0. The van der Waals surface area contributed by atoms with Crippen LogP contribution in [0, 0.1) is 0 Å². The van der Waals surface area contributed by atoms with Gasteiger partial charge >= 0.3 is 0 Å². The predicted octanol–water partition coefficient (Wildman–Crippen LogP) is 4.46. The van der Waals surface area contributed by atoms with Crippen molar-refractivity contribution in [3.05, 3.63) is 84.4 Å². The zero-order valence-electron chi connectivity index (χ0n) is 11.7. The number of Topliss-reactive ketones (excluding diaryl/α,β-unsaturated/α-hetero) is 1. The molecule has 3 aromatic rings. The van der Waals surface area contributed by atoms with Crippen LogP contribution in [0.3, 0.4) is 0 Å². The monoisotopic (exact) mass is 352 g/mol. The largest absolute Gasteiger partial charge is 0.292 e. The molecule has 1 aromatic heterocycles. The van der Waals surface area contributed by atoms with Gasteiger partial charge in [0.2, 0.25) is 0 Å². The Morgan fingerprint density at radius 1 is 0.818 bits per heavy atom. The molecule has 0 N–H and O–H groups in total. The molecule has 22 heavy (non-hydrogen) atoms. The molecule has 3 rings (SSSR count). The van der Waals surface area contributed by atoms with E-state index in [-0.39, 0.29) is 5.78 Å². The van der Waals surface area contributed by atoms with Gasteiger partial charge in [-0.3, -0.25) is 4.79 Å². The zero-order chi connectivity index (χ0) is 15.4. The van der Waals surface area contributed by atoms with Gasteiger partial charge in [0.15, 0.2) is 5.78 Å². The minimum atomic E-state index is -0.542. The van der Waals surface area contributed by atoms with Crippen LogP contribution in [0.1, 0.15) is 21.0 Å². The van der Waals surface area contributed by atoms with Gasteiger partial charge in [-0.15, -0.1) is 0 Å². The minimum absolute atomic E-state index is 0.0481. The summed E-state index contributed by atoms with van der Waals surface area (Å²) >= 11 is 3.39. The fraction of sp³-hybridized carbons (Fsp3) is 0.0556. The second kappa shape index (κ2) is 6.62. The van der Waals surface area contributed by atoms with Gasteiger partial charge in [0.05, 0.1) is 0 Å². The second-order valence-electron chi connectivity index (χ2n) is 4.79. The highest BCUT2D eigenvalue weighted by atomic mass is 79.9. The number of halogens is 1. The first-order chi connectivity index (χ1) is 10.8. The molecule has 0 spiro atoms. The van der Waals surface area contributed by atoms with Gasteiger partial charge in [-0.05, 0) is 5.56 Å². The normalized spacial score (nSPS) is 11.9. The van der Waals surface area contributed by atoms with E-state index in [1.807, 2.05) is 48.5 Å². The zero-order valence-corrected chi connectivity index (χ0v) is 13.3. The Labute approximate surface area is 137 Å². The Bertz CT molecular complexity index is 758. The van der Waals surface area contributed by atoms with Gasteiger partial charge in [0, 0.05) is 23.5 Å². The number of aromatic nitrogens is 2. The molecule has 1 unspecified atom stereocenters. The van der Waals surface area contributed by atoms with Crippen molar-refractivity contribution in [3.8, 4) is 11.1 Å². The summed E-state index contributed by atoms with van der Waals surface area (Å²) in [4.78, 5) is 20.5. The maximum atomic E-state index is 12.4. The molecule has 1 heterocycles. The third-order valence-corrected chi connectivity index (χ3v) is 4.12. The molecule has 4 heteroatoms. The molecule has 3 nitrogen and oxygen atoms in total. The standard InChI is InChI=1S/C18H13BrN2O/c19-16(17(22)14-9-5-2-6-10-14)18-20-11-15(12-21-18)13-7-3-1-4-8-13/h1-12,16H. The van der Waals surface area contributed by atoms with Gasteiger partial charge in [0.1, 0.15) is 10.7 Å². The molecule has 0 saturated heterocycles. The first kappa shape index (κ1) is 14.6. The molecular formula is C18H13BrN2O. The smallest absolute Gasteiger partial charge is 0.184 e. The first-order valence-electron chi connectivity index (χ1n) is 6.86. The van der Waals surface area contributed by atoms with Crippen molar-refractivity contribution in [3.63, 3.8) is 0 Å². The molecule has 0 radical (unpaired) electrons. The Balaban J connectivity index is 1.82. The van der Waals surface area contributed by atoms with E-state index < -0.39 is 4.83 Å². The van der Waals surface area contributed by atoms with Crippen LogP contribution < -0.4 is 0 Å². The van der Waals surface area contributed by atoms with Crippen LogP contribution >= 0.6 is 15.9 Å². The summed E-state index contributed by atoms with van der Waals surface area (Å²) in [6, 6.07) is 19.0. The van der Waals surface area contributed by atoms with Crippen LogP contribution in [0.5, 0.6) is 0 Å². The van der Waals surface area contributed by atoms with Gasteiger partial charge in [0.25, 0.3) is 0 Å². The molecular weight excluding hydrogens is 340 g/mol. The molecule has 0 fully saturated rings. The van der Waals surface area contributed by atoms with E-state index in [2.05, 4.69) is 25.9 Å². The third-order valence-electron chi connectivity index (χ3n) is 3.29. The highest BCUT2D eigenvalue weighted by Crippen LogP contribution is 2.25. The van der Waals surface area contributed by atoms with Crippen molar-refractivity contribution < 1.29 is 4.79 Å². The summed E-state index contributed by atoms with van der Waals surface area (Å²) in [5.74, 6) is 0.418. The number of ketones is 1. The maximum Gasteiger partial charge on any atom is 0.184 e. The lowest BCUT2D eigenvalue weighted by molar-refractivity contribution is 0.0989. The highest BCUT2D eigenvalue weighted by molar-refractivity contribution is 9.09. The number of rotatable bonds is 4. The molecule has 0 amide bonds. The summed E-state index contributed by atoms with van der Waals surface area (Å²) in [5, 5.41) is 0. The molecule has 0 saturated carbocycles. The van der Waals surface area contributed by atoms with Gasteiger partial charge < -0.3 is 0 Å². The number of carbonyl (C=O) groups excluding carboxylic acids is 1. The summed E-state index contributed by atoms with van der Waals surface area (Å²) in [7, 11) is 0. The Hall–Kier alpha value is -2.33. The quantitative estimate of drug-likeness (QED) is 0.514. The summed E-state index contributed by atoms with van der Waals surface area (Å²) < 4.78 is 0. The number of benzene rings is 2. The van der Waals surface area contributed by atoms with Gasteiger partial charge in [-0.1, -0.05) is 76.6 Å². The van der Waals surface area contributed by atoms with Crippen molar-refractivity contribution in [1.29, 1.82) is 0 Å². The summed E-state index contributed by atoms with van der Waals surface area (Å²) in [5.41, 5.74) is 2.62. The van der Waals surface area contributed by atoms with Crippen LogP contribution in [0.25, 0.3) is 11.1 Å². The fourth-order valence-corrected chi connectivity index (χ4v) is 2.62. The van der Waals surface area contributed by atoms with Crippen LogP contribution in [0.15, 0.2) is 73.1 Å². The van der Waals surface area contributed by atoms with E-state index in [1.54, 1.807) is 24.5 Å². The molecule has 2 aromatic carbocycles. The van der Waals surface area contributed by atoms with Crippen LogP contribution in [-0.4, -0.2) is 15.8 Å². The molecule has 0 aliphatic carbocycles. The number of hydrogen-bond donors (Lipinski definition) is 0. The van der Waals surface area contributed by atoms with Crippen LogP contribution in [0.2, 0.25) is 0 Å². The van der Waals surface area contributed by atoms with Crippen molar-refractivity contribution in [1.82, 2.24) is 9.97 Å². The van der Waals surface area contributed by atoms with Gasteiger partial charge in [-0.2, -0.15) is 0 Å². The fourth-order valence-electron chi connectivity index (χ4n) is 2.11. The number of alkyl halides is 1. The minimum Gasteiger partial charge on any atom is -0.292 e. The van der Waals surface area contributed by atoms with Crippen molar-refractivity contribution in [2.75, 3.05) is 0 Å². The van der Waals surface area contributed by atoms with E-state index in [9.17, 15) is 4.79 Å². The summed E-state index contributed by atoms with van der Waals surface area (Å²) in [6.07, 6.45) is 3.48. The topological polar surface area (TPSA) is 42.9 Å². The van der Waals surface area contributed by atoms with E-state index in [4.69, 9.17) is 0 Å². The number of carbonyl (C=O) groups is 1. The van der Waals surface area contributed by atoms with E-state index in [0.717, 1.165) is 11.1 Å². The molecule has 108 valence electrons. The van der Waals surface area contributed by atoms with Crippen LogP contribution in [0.4, 0.5) is 0 Å². The first-order valence-corrected chi connectivity index (χ1v) is 7.78. The average Bonchev–Trinajstić information content (AvgIpc) is 2.62. The Morgan fingerprint density at radius 2 is 1.36 bits per heavy atom. The van der Waals surface area contributed by atoms with Crippen molar-refractivity contribution >= 4 is 21.7 Å². The Morgan fingerprint density at radius 3 is 1.95 bits per heavy atom. The second-order valence-corrected chi connectivity index (χ2v) is 5.70. The maximum absolute atomic E-state index is 12.4. The lowest BCUT2D eigenvalue weighted by Gasteiger charge is -2.08. The number of hydrogen-bond acceptors (Lipinski definition) is 3. The van der Waals surface area contributed by atoms with E-state index in [1.165, 1.54) is 0 Å². The van der Waals surface area contributed by atoms with E-state index >= 15 is 0 Å². The number of nitrogens with zero attached hydrogens (tertiary/aromatic N) is 2. The van der Waals surface area contributed by atoms with Crippen LogP contribution in [-0.2, 0) is 0 Å². The lowest BCUT2D eigenvalue weighted by Crippen LogP contribution is -2.10.